The van der Waals surface area contributed by atoms with Crippen molar-refractivity contribution in [2.75, 3.05) is 19.7 Å². The fourth-order valence-corrected chi connectivity index (χ4v) is 3.45. The van der Waals surface area contributed by atoms with Crippen LogP contribution in [0.15, 0.2) is 48.8 Å². The van der Waals surface area contributed by atoms with Crippen LogP contribution < -0.4 is 10.1 Å². The van der Waals surface area contributed by atoms with Gasteiger partial charge in [0.1, 0.15) is 11.6 Å². The van der Waals surface area contributed by atoms with E-state index in [9.17, 15) is 4.39 Å². The molecule has 124 valence electrons. The smallest absolute Gasteiger partial charge is 0.123 e. The highest BCUT2D eigenvalue weighted by molar-refractivity contribution is 5.75. The molecule has 24 heavy (non-hydrogen) atoms. The topological polar surface area (TPSA) is 49.9 Å². The van der Waals surface area contributed by atoms with Gasteiger partial charge in [0, 0.05) is 18.5 Å². The molecule has 4 rings (SSSR count). The van der Waals surface area contributed by atoms with Gasteiger partial charge in [0.05, 0.1) is 24.0 Å². The maximum absolute atomic E-state index is 13.2. The number of hydrogen-bond acceptors (Lipinski definition) is 3. The highest BCUT2D eigenvalue weighted by atomic mass is 19.1. The summed E-state index contributed by atoms with van der Waals surface area (Å²) in [7, 11) is 0. The Morgan fingerprint density at radius 3 is 2.92 bits per heavy atom. The fourth-order valence-electron chi connectivity index (χ4n) is 3.45. The van der Waals surface area contributed by atoms with Gasteiger partial charge in [-0.15, -0.1) is 0 Å². The van der Waals surface area contributed by atoms with Crippen LogP contribution in [-0.4, -0.2) is 29.7 Å². The molecule has 1 aliphatic rings. The summed E-state index contributed by atoms with van der Waals surface area (Å²) in [5.41, 5.74) is 3.10. The van der Waals surface area contributed by atoms with Gasteiger partial charge in [0.2, 0.25) is 0 Å². The molecule has 2 aromatic carbocycles. The van der Waals surface area contributed by atoms with Gasteiger partial charge in [-0.3, -0.25) is 0 Å². The molecular formula is C19H20FN3O. The monoisotopic (exact) mass is 325 g/mol. The number of aromatic amines is 1. The number of aromatic nitrogens is 2. The molecule has 2 heterocycles. The van der Waals surface area contributed by atoms with Crippen LogP contribution in [-0.2, 0) is 0 Å². The number of hydrogen-bond donors (Lipinski definition) is 2. The maximum Gasteiger partial charge on any atom is 0.123 e. The number of imidazole rings is 1. The molecule has 1 fully saturated rings. The molecule has 2 atom stereocenters. The molecule has 0 aliphatic carbocycles. The largest absolute Gasteiger partial charge is 0.493 e. The van der Waals surface area contributed by atoms with E-state index in [1.54, 1.807) is 18.5 Å². The van der Waals surface area contributed by atoms with Gasteiger partial charge in [-0.2, -0.15) is 0 Å². The van der Waals surface area contributed by atoms with Crippen LogP contribution in [0, 0.1) is 11.7 Å². The highest BCUT2D eigenvalue weighted by Crippen LogP contribution is 2.31. The van der Waals surface area contributed by atoms with E-state index in [-0.39, 0.29) is 5.82 Å². The maximum atomic E-state index is 13.2. The fraction of sp³-hybridized carbons (Fsp3) is 0.316. The zero-order valence-corrected chi connectivity index (χ0v) is 13.3. The number of piperidine rings is 1. The highest BCUT2D eigenvalue weighted by Gasteiger charge is 2.27. The van der Waals surface area contributed by atoms with Crippen molar-refractivity contribution in [1.29, 1.82) is 0 Å². The number of fused-ring (bicyclic) bond motifs is 1. The van der Waals surface area contributed by atoms with E-state index in [1.807, 2.05) is 30.3 Å². The van der Waals surface area contributed by atoms with Crippen molar-refractivity contribution < 1.29 is 9.13 Å². The molecule has 0 radical (unpaired) electrons. The second kappa shape index (κ2) is 6.61. The van der Waals surface area contributed by atoms with Crippen LogP contribution in [0.4, 0.5) is 4.39 Å². The summed E-state index contributed by atoms with van der Waals surface area (Å²) in [4.78, 5) is 7.32. The average molecular weight is 325 g/mol. The molecule has 0 amide bonds. The second-order valence-electron chi connectivity index (χ2n) is 6.30. The quantitative estimate of drug-likeness (QED) is 0.772. The summed E-state index contributed by atoms with van der Waals surface area (Å²) >= 11 is 0. The van der Waals surface area contributed by atoms with E-state index >= 15 is 0 Å². The Morgan fingerprint density at radius 2 is 2.04 bits per heavy atom. The first-order valence-electron chi connectivity index (χ1n) is 8.32. The zero-order valence-electron chi connectivity index (χ0n) is 13.3. The minimum absolute atomic E-state index is 0.187. The number of ether oxygens (including phenoxy) is 1. The van der Waals surface area contributed by atoms with Gasteiger partial charge in [0.25, 0.3) is 0 Å². The van der Waals surface area contributed by atoms with Crippen molar-refractivity contribution >= 4 is 11.0 Å². The third-order valence-corrected chi connectivity index (χ3v) is 4.76. The Labute approximate surface area is 140 Å². The third-order valence-electron chi connectivity index (χ3n) is 4.76. The number of halogens is 1. The lowest BCUT2D eigenvalue weighted by atomic mass is 9.81. The number of nitrogens with one attached hydrogen (secondary N) is 2. The van der Waals surface area contributed by atoms with Crippen LogP contribution in [0.2, 0.25) is 0 Å². The summed E-state index contributed by atoms with van der Waals surface area (Å²) in [5, 5.41) is 3.44. The van der Waals surface area contributed by atoms with Crippen LogP contribution in [0.3, 0.4) is 0 Å². The van der Waals surface area contributed by atoms with Gasteiger partial charge >= 0.3 is 0 Å². The molecule has 0 bridgehead atoms. The summed E-state index contributed by atoms with van der Waals surface area (Å²) < 4.78 is 19.2. The Hall–Kier alpha value is -2.40. The Balaban J connectivity index is 1.47. The number of nitrogens with zero attached hydrogens (tertiary/aromatic N) is 1. The van der Waals surface area contributed by atoms with Gasteiger partial charge in [-0.1, -0.05) is 12.1 Å². The van der Waals surface area contributed by atoms with E-state index in [1.165, 1.54) is 5.56 Å². The SMILES string of the molecule is Fc1ccc([C@@H]2CCNC[C@H]2COc2ccc3nc[nH]c3c2)cc1. The van der Waals surface area contributed by atoms with Gasteiger partial charge in [-0.25, -0.2) is 9.37 Å². The van der Waals surface area contributed by atoms with E-state index in [0.29, 0.717) is 18.4 Å². The third kappa shape index (κ3) is 3.12. The molecule has 4 nitrogen and oxygen atoms in total. The van der Waals surface area contributed by atoms with E-state index in [0.717, 1.165) is 36.3 Å². The molecule has 3 aromatic rings. The molecule has 0 unspecified atom stereocenters. The Bertz CT molecular complexity index is 815. The first-order chi connectivity index (χ1) is 11.8. The van der Waals surface area contributed by atoms with Crippen LogP contribution in [0.25, 0.3) is 11.0 Å². The van der Waals surface area contributed by atoms with Crippen LogP contribution >= 0.6 is 0 Å². The van der Waals surface area contributed by atoms with Gasteiger partial charge in [0.15, 0.2) is 0 Å². The molecule has 2 N–H and O–H groups in total. The minimum Gasteiger partial charge on any atom is -0.493 e. The van der Waals surface area contributed by atoms with E-state index in [4.69, 9.17) is 4.74 Å². The molecular weight excluding hydrogens is 305 g/mol. The standard InChI is InChI=1S/C19H20FN3O/c20-15-3-1-13(2-4-15)17-7-8-21-10-14(17)11-24-16-5-6-18-19(9-16)23-12-22-18/h1-6,9,12,14,17,21H,7-8,10-11H2,(H,22,23)/t14-,17-/m0/s1. The van der Waals surface area contributed by atoms with Crippen LogP contribution in [0.5, 0.6) is 5.75 Å². The first kappa shape index (κ1) is 15.1. The predicted octanol–water partition coefficient (Wildman–Crippen LogP) is 3.47. The molecule has 1 aliphatic heterocycles. The second-order valence-corrected chi connectivity index (χ2v) is 6.30. The van der Waals surface area contributed by atoms with Crippen molar-refractivity contribution in [3.05, 3.63) is 60.2 Å². The lowest BCUT2D eigenvalue weighted by Crippen LogP contribution is -2.38. The van der Waals surface area contributed by atoms with Gasteiger partial charge in [-0.05, 0) is 48.7 Å². The van der Waals surface area contributed by atoms with Crippen molar-refractivity contribution in [2.24, 2.45) is 5.92 Å². The van der Waals surface area contributed by atoms with Crippen molar-refractivity contribution in [3.63, 3.8) is 0 Å². The zero-order chi connectivity index (χ0) is 16.4. The summed E-state index contributed by atoms with van der Waals surface area (Å²) in [6.45, 7) is 2.53. The van der Waals surface area contributed by atoms with Crippen molar-refractivity contribution in [1.82, 2.24) is 15.3 Å². The molecule has 1 saturated heterocycles. The van der Waals surface area contributed by atoms with Crippen molar-refractivity contribution in [2.45, 2.75) is 12.3 Å². The Kier molecular flexibility index (Phi) is 4.17. The van der Waals surface area contributed by atoms with Crippen LogP contribution in [0.1, 0.15) is 17.9 Å². The lowest BCUT2D eigenvalue weighted by molar-refractivity contribution is 0.197. The predicted molar refractivity (Wildman–Crippen MR) is 91.7 cm³/mol. The first-order valence-corrected chi connectivity index (χ1v) is 8.32. The number of benzene rings is 2. The van der Waals surface area contributed by atoms with Gasteiger partial charge < -0.3 is 15.0 Å². The lowest BCUT2D eigenvalue weighted by Gasteiger charge is -2.32. The molecule has 1 aromatic heterocycles. The van der Waals surface area contributed by atoms with E-state index in [2.05, 4.69) is 15.3 Å². The molecule has 5 heteroatoms. The summed E-state index contributed by atoms with van der Waals surface area (Å²) in [6, 6.07) is 12.8. The summed E-state index contributed by atoms with van der Waals surface area (Å²) in [5.74, 6) is 1.41. The Morgan fingerprint density at radius 1 is 1.17 bits per heavy atom. The minimum atomic E-state index is -0.187. The number of rotatable bonds is 4. The average Bonchev–Trinajstić information content (AvgIpc) is 3.09. The normalized spacial score (nSPS) is 21.0. The molecule has 0 saturated carbocycles. The summed E-state index contributed by atoms with van der Waals surface area (Å²) in [6.07, 6.45) is 2.73. The number of H-pyrrole nitrogens is 1. The molecule has 0 spiro atoms. The van der Waals surface area contributed by atoms with Crippen molar-refractivity contribution in [3.8, 4) is 5.75 Å². The van der Waals surface area contributed by atoms with E-state index < -0.39 is 0 Å².